The summed E-state index contributed by atoms with van der Waals surface area (Å²) in [7, 11) is 0. The van der Waals surface area contributed by atoms with Gasteiger partial charge in [-0.05, 0) is 61.6 Å². The number of fused-ring (bicyclic) bond motifs is 2. The Morgan fingerprint density at radius 2 is 1.74 bits per heavy atom. The summed E-state index contributed by atoms with van der Waals surface area (Å²) in [4.78, 5) is 29.6. The van der Waals surface area contributed by atoms with E-state index in [1.807, 2.05) is 63.4 Å². The minimum atomic E-state index is -0.859. The van der Waals surface area contributed by atoms with Crippen LogP contribution >= 0.6 is 0 Å². The molecule has 3 aromatic carbocycles. The van der Waals surface area contributed by atoms with E-state index < -0.39 is 11.6 Å². The number of carboxylic acids is 1. The van der Waals surface area contributed by atoms with Crippen LogP contribution in [0.1, 0.15) is 38.3 Å². The van der Waals surface area contributed by atoms with E-state index in [2.05, 4.69) is 40.6 Å². The van der Waals surface area contributed by atoms with Crippen LogP contribution in [0.4, 0.5) is 4.79 Å². The number of hydrogen-bond donors (Lipinski definition) is 3. The van der Waals surface area contributed by atoms with E-state index in [4.69, 9.17) is 4.74 Å². The Kier molecular flexibility index (Phi) is 8.69. The Bertz CT molecular complexity index is 1390. The van der Waals surface area contributed by atoms with Gasteiger partial charge >= 0.3 is 12.1 Å². The van der Waals surface area contributed by atoms with Gasteiger partial charge in [0, 0.05) is 42.8 Å². The average molecular weight is 516 g/mol. The summed E-state index contributed by atoms with van der Waals surface area (Å²) in [6.07, 6.45) is 2.82. The molecule has 1 amide bonds. The van der Waals surface area contributed by atoms with E-state index in [0.29, 0.717) is 32.5 Å². The maximum Gasteiger partial charge on any atom is 0.410 e. The molecule has 0 aliphatic heterocycles. The van der Waals surface area contributed by atoms with Crippen molar-refractivity contribution >= 4 is 33.7 Å². The van der Waals surface area contributed by atoms with Crippen LogP contribution in [0.5, 0.6) is 0 Å². The summed E-state index contributed by atoms with van der Waals surface area (Å²) in [6, 6.07) is 22.3. The fourth-order valence-electron chi connectivity index (χ4n) is 4.68. The summed E-state index contributed by atoms with van der Waals surface area (Å²) < 4.78 is 5.68. The summed E-state index contributed by atoms with van der Waals surface area (Å²) >= 11 is 0. The molecule has 0 spiro atoms. The second kappa shape index (κ2) is 12.1. The number of rotatable bonds is 11. The van der Waals surface area contributed by atoms with Crippen molar-refractivity contribution in [3.05, 3.63) is 84.1 Å². The van der Waals surface area contributed by atoms with Gasteiger partial charge < -0.3 is 25.0 Å². The van der Waals surface area contributed by atoms with Crippen LogP contribution in [0, 0.1) is 0 Å². The van der Waals surface area contributed by atoms with Crippen molar-refractivity contribution in [3.8, 4) is 0 Å². The van der Waals surface area contributed by atoms with Crippen molar-refractivity contribution in [1.82, 2.24) is 15.2 Å². The number of amides is 1. The van der Waals surface area contributed by atoms with Gasteiger partial charge in [0.1, 0.15) is 5.60 Å². The highest BCUT2D eigenvalue weighted by atomic mass is 16.6. The third-order valence-corrected chi connectivity index (χ3v) is 6.51. The first-order valence-electron chi connectivity index (χ1n) is 13.1. The predicted octanol–water partition coefficient (Wildman–Crippen LogP) is 5.78. The molecule has 0 bridgehead atoms. The van der Waals surface area contributed by atoms with Crippen LogP contribution in [0.15, 0.2) is 72.9 Å². The predicted molar refractivity (Wildman–Crippen MR) is 152 cm³/mol. The van der Waals surface area contributed by atoms with Crippen molar-refractivity contribution in [1.29, 1.82) is 0 Å². The fraction of sp³-hybridized carbons (Fsp3) is 0.355. The topological polar surface area (TPSA) is 94.7 Å². The lowest BCUT2D eigenvalue weighted by Gasteiger charge is -2.28. The number of aliphatic carboxylic acids is 1. The fourth-order valence-corrected chi connectivity index (χ4v) is 4.68. The molecule has 0 aliphatic carbocycles. The van der Waals surface area contributed by atoms with Crippen molar-refractivity contribution in [2.75, 3.05) is 19.6 Å². The Balaban J connectivity index is 1.41. The van der Waals surface area contributed by atoms with E-state index in [0.717, 1.165) is 22.0 Å². The van der Waals surface area contributed by atoms with Crippen LogP contribution < -0.4 is 5.32 Å². The standard InChI is InChI=1S/C31H37N3O4/c1-31(2,3)38-30(37)34(16-14-22-12-13-23-8-4-5-9-24(23)18-22)17-15-32-26(20-29(35)36)19-25-21-33-28-11-7-6-10-27(25)28/h4-13,18,21,26,32-33H,14-17,19-20H2,1-3H3,(H,35,36). The number of H-pyrrole nitrogens is 1. The minimum Gasteiger partial charge on any atom is -0.481 e. The third kappa shape index (κ3) is 7.59. The highest BCUT2D eigenvalue weighted by Gasteiger charge is 2.23. The first-order chi connectivity index (χ1) is 18.2. The number of para-hydroxylation sites is 1. The molecule has 1 atom stereocenters. The van der Waals surface area contributed by atoms with Crippen LogP contribution in [0.25, 0.3) is 21.7 Å². The Morgan fingerprint density at radius 3 is 2.50 bits per heavy atom. The zero-order valence-corrected chi connectivity index (χ0v) is 22.4. The molecule has 0 radical (unpaired) electrons. The smallest absolute Gasteiger partial charge is 0.410 e. The number of nitrogens with one attached hydrogen (secondary N) is 2. The first-order valence-corrected chi connectivity index (χ1v) is 13.1. The molecule has 1 aromatic heterocycles. The molecular formula is C31H37N3O4. The van der Waals surface area contributed by atoms with Gasteiger partial charge in [-0.15, -0.1) is 0 Å². The average Bonchev–Trinajstić information content (AvgIpc) is 3.27. The second-order valence-electron chi connectivity index (χ2n) is 10.7. The number of aromatic amines is 1. The number of ether oxygens (including phenoxy) is 1. The zero-order valence-electron chi connectivity index (χ0n) is 22.4. The van der Waals surface area contributed by atoms with Gasteiger partial charge in [-0.3, -0.25) is 4.79 Å². The maximum absolute atomic E-state index is 13.0. The van der Waals surface area contributed by atoms with Crippen LogP contribution in [0.3, 0.4) is 0 Å². The zero-order chi connectivity index (χ0) is 27.1. The molecule has 1 unspecified atom stereocenters. The van der Waals surface area contributed by atoms with Gasteiger partial charge in [-0.2, -0.15) is 0 Å². The van der Waals surface area contributed by atoms with Crippen molar-refractivity contribution in [2.45, 2.75) is 51.7 Å². The number of carboxylic acid groups (broad SMARTS) is 1. The Morgan fingerprint density at radius 1 is 1.00 bits per heavy atom. The minimum absolute atomic E-state index is 0.0109. The van der Waals surface area contributed by atoms with Crippen LogP contribution in [-0.2, 0) is 22.4 Å². The number of hydrogen-bond acceptors (Lipinski definition) is 4. The molecule has 0 saturated carbocycles. The van der Waals surface area contributed by atoms with Crippen LogP contribution in [-0.4, -0.2) is 58.3 Å². The van der Waals surface area contributed by atoms with Crippen molar-refractivity contribution in [2.24, 2.45) is 0 Å². The summed E-state index contributed by atoms with van der Waals surface area (Å²) in [5.74, 6) is -0.859. The molecule has 4 aromatic rings. The molecule has 0 aliphatic rings. The number of carbonyl (C=O) groups is 2. The van der Waals surface area contributed by atoms with E-state index in [-0.39, 0.29) is 18.6 Å². The van der Waals surface area contributed by atoms with Crippen LogP contribution in [0.2, 0.25) is 0 Å². The molecule has 4 rings (SSSR count). The second-order valence-corrected chi connectivity index (χ2v) is 10.7. The molecule has 7 heteroatoms. The molecule has 3 N–H and O–H groups in total. The first kappa shape index (κ1) is 27.2. The third-order valence-electron chi connectivity index (χ3n) is 6.51. The normalized spacial score (nSPS) is 12.5. The number of carbonyl (C=O) groups excluding carboxylic acids is 1. The lowest BCUT2D eigenvalue weighted by atomic mass is 10.0. The number of aromatic nitrogens is 1. The van der Waals surface area contributed by atoms with E-state index >= 15 is 0 Å². The molecular weight excluding hydrogens is 478 g/mol. The molecule has 0 saturated heterocycles. The molecule has 1 heterocycles. The van der Waals surface area contributed by atoms with E-state index in [9.17, 15) is 14.7 Å². The monoisotopic (exact) mass is 515 g/mol. The van der Waals surface area contributed by atoms with E-state index in [1.165, 1.54) is 10.8 Å². The van der Waals surface area contributed by atoms with E-state index in [1.54, 1.807) is 4.90 Å². The number of benzene rings is 3. The molecule has 0 fully saturated rings. The largest absolute Gasteiger partial charge is 0.481 e. The Labute approximate surface area is 223 Å². The lowest BCUT2D eigenvalue weighted by molar-refractivity contribution is -0.137. The SMILES string of the molecule is CC(C)(C)OC(=O)N(CCNC(CC(=O)O)Cc1c[nH]c2ccccc12)CCc1ccc2ccccc2c1. The quantitative estimate of drug-likeness (QED) is 0.236. The van der Waals surface area contributed by atoms with Crippen molar-refractivity contribution < 1.29 is 19.4 Å². The maximum atomic E-state index is 13.0. The Hall–Kier alpha value is -3.84. The molecule has 200 valence electrons. The van der Waals surface area contributed by atoms with Gasteiger partial charge in [-0.1, -0.05) is 60.7 Å². The summed E-state index contributed by atoms with van der Waals surface area (Å²) in [5, 5.41) is 16.3. The van der Waals surface area contributed by atoms with Gasteiger partial charge in [0.2, 0.25) is 0 Å². The lowest BCUT2D eigenvalue weighted by Crippen LogP contribution is -2.44. The summed E-state index contributed by atoms with van der Waals surface area (Å²) in [6.45, 7) is 6.93. The highest BCUT2D eigenvalue weighted by Crippen LogP contribution is 2.20. The highest BCUT2D eigenvalue weighted by molar-refractivity contribution is 5.84. The van der Waals surface area contributed by atoms with Gasteiger partial charge in [0.25, 0.3) is 0 Å². The summed E-state index contributed by atoms with van der Waals surface area (Å²) in [5.41, 5.74) is 2.64. The van der Waals surface area contributed by atoms with Gasteiger partial charge in [0.05, 0.1) is 6.42 Å². The molecule has 38 heavy (non-hydrogen) atoms. The van der Waals surface area contributed by atoms with Crippen molar-refractivity contribution in [3.63, 3.8) is 0 Å². The molecule has 7 nitrogen and oxygen atoms in total. The van der Waals surface area contributed by atoms with Gasteiger partial charge in [0.15, 0.2) is 0 Å². The number of nitrogens with zero attached hydrogens (tertiary/aromatic N) is 1. The van der Waals surface area contributed by atoms with Gasteiger partial charge in [-0.25, -0.2) is 4.79 Å².